The van der Waals surface area contributed by atoms with Crippen molar-refractivity contribution >= 4 is 16.8 Å². The molecule has 2 heterocycles. The Morgan fingerprint density at radius 2 is 2.23 bits per heavy atom. The van der Waals surface area contributed by atoms with Gasteiger partial charge in [0.15, 0.2) is 0 Å². The molecule has 1 saturated heterocycles. The molecule has 2 aromatic rings. The highest BCUT2D eigenvalue weighted by Gasteiger charge is 2.26. The van der Waals surface area contributed by atoms with Crippen molar-refractivity contribution in [2.75, 3.05) is 26.8 Å². The van der Waals surface area contributed by atoms with E-state index in [4.69, 9.17) is 4.74 Å². The molecule has 1 aromatic heterocycles. The van der Waals surface area contributed by atoms with Crippen LogP contribution in [-0.4, -0.2) is 42.6 Å². The number of nitrogens with zero attached hydrogens (tertiary/aromatic N) is 1. The maximum atomic E-state index is 12.7. The molecule has 0 spiro atoms. The number of piperidine rings is 1. The first-order valence-electron chi connectivity index (χ1n) is 7.59. The van der Waals surface area contributed by atoms with Crippen LogP contribution in [0.2, 0.25) is 0 Å². The predicted octanol–water partition coefficient (Wildman–Crippen LogP) is 2.03. The Balaban J connectivity index is 1.89. The summed E-state index contributed by atoms with van der Waals surface area (Å²) < 4.78 is 5.19. The van der Waals surface area contributed by atoms with E-state index >= 15 is 0 Å². The van der Waals surface area contributed by atoms with Gasteiger partial charge in [0.05, 0.1) is 6.61 Å². The molecule has 1 amide bonds. The molecule has 0 radical (unpaired) electrons. The summed E-state index contributed by atoms with van der Waals surface area (Å²) in [7, 11) is 1.68. The van der Waals surface area contributed by atoms with Gasteiger partial charge in [-0.1, -0.05) is 12.1 Å². The Morgan fingerprint density at radius 1 is 1.41 bits per heavy atom. The molecule has 22 heavy (non-hydrogen) atoms. The molecule has 5 heteroatoms. The van der Waals surface area contributed by atoms with Crippen LogP contribution in [0.5, 0.6) is 0 Å². The Kier molecular flexibility index (Phi) is 4.24. The summed E-state index contributed by atoms with van der Waals surface area (Å²) in [6.45, 7) is 2.00. The number of pyridine rings is 1. The van der Waals surface area contributed by atoms with Crippen molar-refractivity contribution in [1.82, 2.24) is 9.88 Å². The first-order chi connectivity index (χ1) is 10.7. The van der Waals surface area contributed by atoms with E-state index < -0.39 is 0 Å². The van der Waals surface area contributed by atoms with Crippen molar-refractivity contribution in [2.45, 2.75) is 12.8 Å². The minimum Gasteiger partial charge on any atom is -0.384 e. The predicted molar refractivity (Wildman–Crippen MR) is 85.1 cm³/mol. The third-order valence-corrected chi connectivity index (χ3v) is 4.23. The monoisotopic (exact) mass is 300 g/mol. The number of likely N-dealkylation sites (tertiary alicyclic amines) is 1. The minimum atomic E-state index is -0.201. The Labute approximate surface area is 128 Å². The molecule has 116 valence electrons. The fourth-order valence-corrected chi connectivity index (χ4v) is 3.12. The van der Waals surface area contributed by atoms with Crippen molar-refractivity contribution in [3.63, 3.8) is 0 Å². The van der Waals surface area contributed by atoms with Gasteiger partial charge in [-0.2, -0.15) is 0 Å². The number of aromatic nitrogens is 1. The molecule has 1 N–H and O–H groups in total. The number of benzene rings is 1. The number of H-pyrrole nitrogens is 1. The molecule has 5 nitrogen and oxygen atoms in total. The summed E-state index contributed by atoms with van der Waals surface area (Å²) in [5.41, 5.74) is 0.768. The number of fused-ring (bicyclic) bond motifs is 1. The number of aromatic amines is 1. The van der Waals surface area contributed by atoms with Gasteiger partial charge < -0.3 is 14.6 Å². The number of hydrogen-bond donors (Lipinski definition) is 1. The Hall–Kier alpha value is -2.14. The summed E-state index contributed by atoms with van der Waals surface area (Å²) in [5.74, 6) is 0.162. The van der Waals surface area contributed by atoms with Gasteiger partial charge in [-0.15, -0.1) is 0 Å². The summed E-state index contributed by atoms with van der Waals surface area (Å²) in [5, 5.41) is 0.554. The Morgan fingerprint density at radius 3 is 3.05 bits per heavy atom. The van der Waals surface area contributed by atoms with Gasteiger partial charge in [-0.25, -0.2) is 0 Å². The van der Waals surface area contributed by atoms with Crippen LogP contribution < -0.4 is 5.43 Å². The highest BCUT2D eigenvalue weighted by Crippen LogP contribution is 2.18. The van der Waals surface area contributed by atoms with E-state index in [1.54, 1.807) is 24.1 Å². The highest BCUT2D eigenvalue weighted by atomic mass is 16.5. The molecule has 1 fully saturated rings. The number of carbonyl (C=O) groups excluding carboxylic acids is 1. The van der Waals surface area contributed by atoms with E-state index in [1.807, 2.05) is 12.1 Å². The van der Waals surface area contributed by atoms with Crippen LogP contribution in [0, 0.1) is 5.92 Å². The Bertz CT molecular complexity index is 736. The lowest BCUT2D eigenvalue weighted by molar-refractivity contribution is 0.0569. The highest BCUT2D eigenvalue weighted by molar-refractivity contribution is 5.97. The third-order valence-electron chi connectivity index (χ3n) is 4.23. The van der Waals surface area contributed by atoms with E-state index in [2.05, 4.69) is 4.98 Å². The fraction of sp³-hybridized carbons (Fsp3) is 0.412. The van der Waals surface area contributed by atoms with Crippen molar-refractivity contribution in [3.8, 4) is 0 Å². The van der Waals surface area contributed by atoms with Gasteiger partial charge in [0.1, 0.15) is 5.56 Å². The number of hydrogen-bond acceptors (Lipinski definition) is 3. The van der Waals surface area contributed by atoms with Crippen LogP contribution in [-0.2, 0) is 4.74 Å². The zero-order valence-corrected chi connectivity index (χ0v) is 12.7. The average molecular weight is 300 g/mol. The second kappa shape index (κ2) is 6.32. The maximum Gasteiger partial charge on any atom is 0.259 e. The zero-order chi connectivity index (χ0) is 15.5. The van der Waals surface area contributed by atoms with E-state index in [1.165, 1.54) is 6.20 Å². The zero-order valence-electron chi connectivity index (χ0n) is 12.7. The SMILES string of the molecule is COCC1CCCN(C(=O)c2c[nH]c3ccccc3c2=O)C1. The number of ether oxygens (including phenoxy) is 1. The van der Waals surface area contributed by atoms with Crippen molar-refractivity contribution in [1.29, 1.82) is 0 Å². The topological polar surface area (TPSA) is 62.4 Å². The number of carbonyl (C=O) groups is 1. The van der Waals surface area contributed by atoms with Crippen molar-refractivity contribution in [3.05, 3.63) is 46.2 Å². The first-order valence-corrected chi connectivity index (χ1v) is 7.59. The molecular formula is C17H20N2O3. The molecule has 1 aliphatic heterocycles. The second-order valence-electron chi connectivity index (χ2n) is 5.79. The molecule has 3 rings (SSSR count). The molecule has 1 atom stereocenters. The van der Waals surface area contributed by atoms with E-state index in [9.17, 15) is 9.59 Å². The lowest BCUT2D eigenvalue weighted by Crippen LogP contribution is -2.42. The van der Waals surface area contributed by atoms with Gasteiger partial charge in [-0.05, 0) is 30.9 Å². The number of para-hydroxylation sites is 1. The first kappa shape index (κ1) is 14.8. The van der Waals surface area contributed by atoms with E-state index in [-0.39, 0.29) is 16.9 Å². The molecule has 0 aliphatic carbocycles. The van der Waals surface area contributed by atoms with Gasteiger partial charge in [-0.3, -0.25) is 9.59 Å². The van der Waals surface area contributed by atoms with Gasteiger partial charge in [0, 0.05) is 37.3 Å². The normalized spacial score (nSPS) is 18.6. The summed E-state index contributed by atoms with van der Waals surface area (Å²) in [4.78, 5) is 30.0. The van der Waals surface area contributed by atoms with Crippen molar-refractivity contribution < 1.29 is 9.53 Å². The van der Waals surface area contributed by atoms with Gasteiger partial charge >= 0.3 is 0 Å². The lowest BCUT2D eigenvalue weighted by Gasteiger charge is -2.32. The fourth-order valence-electron chi connectivity index (χ4n) is 3.12. The summed E-state index contributed by atoms with van der Waals surface area (Å²) in [6.07, 6.45) is 3.55. The van der Waals surface area contributed by atoms with Gasteiger partial charge in [0.2, 0.25) is 5.43 Å². The molecular weight excluding hydrogens is 280 g/mol. The molecule has 0 bridgehead atoms. The van der Waals surface area contributed by atoms with E-state index in [0.717, 1.165) is 18.4 Å². The lowest BCUT2D eigenvalue weighted by atomic mass is 9.98. The van der Waals surface area contributed by atoms with Crippen LogP contribution in [0.4, 0.5) is 0 Å². The quantitative estimate of drug-likeness (QED) is 0.943. The summed E-state index contributed by atoms with van der Waals surface area (Å²) >= 11 is 0. The van der Waals surface area contributed by atoms with Crippen molar-refractivity contribution in [2.24, 2.45) is 5.92 Å². The minimum absolute atomic E-state index is 0.187. The standard InChI is InChI=1S/C17H20N2O3/c1-22-11-12-5-4-8-19(10-12)17(21)14-9-18-15-7-3-2-6-13(15)16(14)20/h2-3,6-7,9,12H,4-5,8,10-11H2,1H3,(H,18,20). The largest absolute Gasteiger partial charge is 0.384 e. The smallest absolute Gasteiger partial charge is 0.259 e. The van der Waals surface area contributed by atoms with E-state index in [0.29, 0.717) is 31.0 Å². The number of amides is 1. The van der Waals surface area contributed by atoms with Crippen LogP contribution in [0.25, 0.3) is 10.9 Å². The number of methoxy groups -OCH3 is 1. The van der Waals surface area contributed by atoms with Crippen LogP contribution in [0.3, 0.4) is 0 Å². The number of rotatable bonds is 3. The van der Waals surface area contributed by atoms with Crippen LogP contribution in [0.1, 0.15) is 23.2 Å². The molecule has 0 saturated carbocycles. The second-order valence-corrected chi connectivity index (χ2v) is 5.79. The molecule has 1 unspecified atom stereocenters. The summed E-state index contributed by atoms with van der Waals surface area (Å²) in [6, 6.07) is 7.25. The third kappa shape index (κ3) is 2.76. The average Bonchev–Trinajstić information content (AvgIpc) is 2.55. The van der Waals surface area contributed by atoms with Gasteiger partial charge in [0.25, 0.3) is 5.91 Å². The van der Waals surface area contributed by atoms with Crippen LogP contribution in [0.15, 0.2) is 35.3 Å². The maximum absolute atomic E-state index is 12.7. The molecule has 1 aliphatic rings. The van der Waals surface area contributed by atoms with Crippen LogP contribution >= 0.6 is 0 Å². The number of nitrogens with one attached hydrogen (secondary N) is 1. The molecule has 1 aromatic carbocycles.